The molecule has 2 bridgehead atoms. The minimum absolute atomic E-state index is 0.0358. The van der Waals surface area contributed by atoms with Crippen LogP contribution in [0, 0.1) is 0 Å². The topological polar surface area (TPSA) is 83.7 Å². The van der Waals surface area contributed by atoms with Crippen LogP contribution in [0.2, 0.25) is 0 Å². The molecular formula is C17H23N5O2. The second-order valence-corrected chi connectivity index (χ2v) is 5.74. The summed E-state index contributed by atoms with van der Waals surface area (Å²) in [5, 5.41) is 20.5. The third-order valence-corrected chi connectivity index (χ3v) is 3.88. The summed E-state index contributed by atoms with van der Waals surface area (Å²) in [4.78, 5) is 4.52. The molecule has 3 N–H and O–H groups in total. The molecule has 0 saturated heterocycles. The number of aliphatic hydroxyl groups excluding tert-OH is 1. The van der Waals surface area contributed by atoms with Crippen LogP contribution in [-0.4, -0.2) is 47.0 Å². The summed E-state index contributed by atoms with van der Waals surface area (Å²) in [6, 6.07) is 5.79. The third-order valence-electron chi connectivity index (χ3n) is 3.88. The first-order valence-corrected chi connectivity index (χ1v) is 8.06. The fourth-order valence-electron chi connectivity index (χ4n) is 2.67. The van der Waals surface area contributed by atoms with E-state index in [1.807, 2.05) is 38.4 Å². The van der Waals surface area contributed by atoms with Crippen LogP contribution in [0.1, 0.15) is 12.5 Å². The standard InChI is InChI=1S/C17H23N5O2/c1-12-19-4-3-18-5-6-24-15-8-13(11-23)7-14(9-15)16-10-20-22(2)17(16)21-12/h7-10,18,23H,3-6,11H2,1-2H3,(H,19,21). The Balaban J connectivity index is 2.06. The van der Waals surface area contributed by atoms with Gasteiger partial charge in [0, 0.05) is 25.7 Å². The van der Waals surface area contributed by atoms with Gasteiger partial charge in [-0.2, -0.15) is 5.10 Å². The summed E-state index contributed by atoms with van der Waals surface area (Å²) in [6.07, 6.45) is 1.81. The average Bonchev–Trinajstić information content (AvgIpc) is 2.94. The molecule has 0 amide bonds. The summed E-state index contributed by atoms with van der Waals surface area (Å²) in [5.74, 6) is 2.45. The van der Waals surface area contributed by atoms with Crippen LogP contribution >= 0.6 is 0 Å². The lowest BCUT2D eigenvalue weighted by molar-refractivity contribution is 0.279. The van der Waals surface area contributed by atoms with E-state index < -0.39 is 0 Å². The Kier molecular flexibility index (Phi) is 5.12. The molecule has 0 aliphatic carbocycles. The lowest BCUT2D eigenvalue weighted by Crippen LogP contribution is -2.24. The smallest absolute Gasteiger partial charge is 0.137 e. The van der Waals surface area contributed by atoms with Gasteiger partial charge in [-0.05, 0) is 36.2 Å². The van der Waals surface area contributed by atoms with Crippen LogP contribution in [0.4, 0.5) is 5.82 Å². The molecule has 24 heavy (non-hydrogen) atoms. The molecule has 3 rings (SSSR count). The van der Waals surface area contributed by atoms with Gasteiger partial charge in [0.05, 0.1) is 25.2 Å². The highest BCUT2D eigenvalue weighted by molar-refractivity contribution is 5.96. The summed E-state index contributed by atoms with van der Waals surface area (Å²) in [6.45, 7) is 4.72. The van der Waals surface area contributed by atoms with Gasteiger partial charge in [-0.1, -0.05) is 0 Å². The van der Waals surface area contributed by atoms with Gasteiger partial charge < -0.3 is 20.5 Å². The normalized spacial score (nSPS) is 15.5. The number of aliphatic hydroxyl groups is 1. The van der Waals surface area contributed by atoms with Crippen molar-refractivity contribution < 1.29 is 9.84 Å². The zero-order valence-electron chi connectivity index (χ0n) is 14.0. The van der Waals surface area contributed by atoms with E-state index in [9.17, 15) is 5.11 Å². The van der Waals surface area contributed by atoms with Crippen LogP contribution in [0.5, 0.6) is 5.75 Å². The molecule has 0 saturated carbocycles. The average molecular weight is 329 g/mol. The van der Waals surface area contributed by atoms with Crippen molar-refractivity contribution in [3.8, 4) is 16.9 Å². The van der Waals surface area contributed by atoms with Gasteiger partial charge in [0.1, 0.15) is 18.2 Å². The number of nitrogens with zero attached hydrogens (tertiary/aromatic N) is 3. The zero-order chi connectivity index (χ0) is 16.9. The van der Waals surface area contributed by atoms with Gasteiger partial charge in [-0.25, -0.2) is 0 Å². The van der Waals surface area contributed by atoms with Gasteiger partial charge in [0.15, 0.2) is 0 Å². The maximum Gasteiger partial charge on any atom is 0.137 e. The number of aryl methyl sites for hydroxylation is 1. The Morgan fingerprint density at radius 2 is 2.17 bits per heavy atom. The molecule has 1 aliphatic heterocycles. The fraction of sp³-hybridized carbons (Fsp3) is 0.412. The van der Waals surface area contributed by atoms with E-state index in [-0.39, 0.29) is 6.61 Å². The summed E-state index contributed by atoms with van der Waals surface area (Å²) < 4.78 is 7.60. The lowest BCUT2D eigenvalue weighted by atomic mass is 10.0. The first-order chi connectivity index (χ1) is 11.7. The van der Waals surface area contributed by atoms with Crippen molar-refractivity contribution in [3.05, 3.63) is 30.0 Å². The molecule has 2 aromatic rings. The predicted molar refractivity (Wildman–Crippen MR) is 94.5 cm³/mol. The second kappa shape index (κ2) is 7.46. The SMILES string of the molecule is CC1=NCCNCCOc2cc(CO)cc(c2)-c2cnn(C)c2N1. The number of nitrogens with one attached hydrogen (secondary N) is 2. The van der Waals surface area contributed by atoms with Crippen molar-refractivity contribution in [1.29, 1.82) is 0 Å². The van der Waals surface area contributed by atoms with Gasteiger partial charge in [-0.15, -0.1) is 0 Å². The van der Waals surface area contributed by atoms with Crippen molar-refractivity contribution in [2.45, 2.75) is 13.5 Å². The van der Waals surface area contributed by atoms with Crippen molar-refractivity contribution in [2.24, 2.45) is 12.0 Å². The molecule has 0 spiro atoms. The number of benzene rings is 1. The van der Waals surface area contributed by atoms with E-state index in [1.165, 1.54) is 0 Å². The van der Waals surface area contributed by atoms with Crippen molar-refractivity contribution in [2.75, 3.05) is 31.6 Å². The lowest BCUT2D eigenvalue weighted by Gasteiger charge is -2.14. The largest absolute Gasteiger partial charge is 0.492 e. The van der Waals surface area contributed by atoms with E-state index in [0.717, 1.165) is 47.2 Å². The van der Waals surface area contributed by atoms with Crippen molar-refractivity contribution in [1.82, 2.24) is 15.1 Å². The summed E-state index contributed by atoms with van der Waals surface area (Å²) in [7, 11) is 1.89. The summed E-state index contributed by atoms with van der Waals surface area (Å²) >= 11 is 0. The van der Waals surface area contributed by atoms with Crippen LogP contribution in [0.25, 0.3) is 11.1 Å². The number of fused-ring (bicyclic) bond motifs is 4. The Hall–Kier alpha value is -2.38. The number of anilines is 1. The van der Waals surface area contributed by atoms with E-state index >= 15 is 0 Å². The molecular weight excluding hydrogens is 306 g/mol. The number of amidine groups is 1. The molecule has 2 heterocycles. The first-order valence-electron chi connectivity index (χ1n) is 8.06. The van der Waals surface area contributed by atoms with E-state index in [0.29, 0.717) is 13.2 Å². The van der Waals surface area contributed by atoms with Crippen molar-refractivity contribution in [3.63, 3.8) is 0 Å². The molecule has 1 aliphatic rings. The second-order valence-electron chi connectivity index (χ2n) is 5.74. The minimum Gasteiger partial charge on any atom is -0.492 e. The van der Waals surface area contributed by atoms with Gasteiger partial charge in [-0.3, -0.25) is 9.67 Å². The maximum absolute atomic E-state index is 9.55. The highest BCUT2D eigenvalue weighted by Crippen LogP contribution is 2.31. The fourth-order valence-corrected chi connectivity index (χ4v) is 2.67. The molecule has 1 aromatic heterocycles. The van der Waals surface area contributed by atoms with E-state index in [2.05, 4.69) is 20.7 Å². The molecule has 0 unspecified atom stereocenters. The van der Waals surface area contributed by atoms with Crippen LogP contribution < -0.4 is 15.4 Å². The van der Waals surface area contributed by atoms with Crippen LogP contribution in [0.15, 0.2) is 29.4 Å². The Labute approximate surface area is 141 Å². The molecule has 0 radical (unpaired) electrons. The van der Waals surface area contributed by atoms with Gasteiger partial charge >= 0.3 is 0 Å². The number of hydrogen-bond acceptors (Lipinski definition) is 6. The first kappa shape index (κ1) is 16.5. The predicted octanol–water partition coefficient (Wildman–Crippen LogP) is 1.39. The molecule has 1 aromatic carbocycles. The van der Waals surface area contributed by atoms with Crippen LogP contribution in [0.3, 0.4) is 0 Å². The minimum atomic E-state index is -0.0358. The zero-order valence-corrected chi connectivity index (χ0v) is 14.0. The number of ether oxygens (including phenoxy) is 1. The van der Waals surface area contributed by atoms with Crippen LogP contribution in [-0.2, 0) is 13.7 Å². The van der Waals surface area contributed by atoms with Crippen molar-refractivity contribution >= 4 is 11.7 Å². The monoisotopic (exact) mass is 329 g/mol. The molecule has 7 nitrogen and oxygen atoms in total. The maximum atomic E-state index is 9.55. The highest BCUT2D eigenvalue weighted by atomic mass is 16.5. The molecule has 7 heteroatoms. The number of rotatable bonds is 1. The Morgan fingerprint density at radius 1 is 1.29 bits per heavy atom. The van der Waals surface area contributed by atoms with Gasteiger partial charge in [0.2, 0.25) is 0 Å². The number of aliphatic imine (C=N–C) groups is 1. The van der Waals surface area contributed by atoms with E-state index in [4.69, 9.17) is 4.74 Å². The van der Waals surface area contributed by atoms with Gasteiger partial charge in [0.25, 0.3) is 0 Å². The van der Waals surface area contributed by atoms with E-state index in [1.54, 1.807) is 4.68 Å². The Morgan fingerprint density at radius 3 is 3.00 bits per heavy atom. The summed E-state index contributed by atoms with van der Waals surface area (Å²) in [5.41, 5.74) is 2.70. The highest BCUT2D eigenvalue weighted by Gasteiger charge is 2.14. The third kappa shape index (κ3) is 3.74. The quantitative estimate of drug-likeness (QED) is 0.736. The molecule has 0 atom stereocenters. The molecule has 0 fully saturated rings. The number of hydrogen-bond donors (Lipinski definition) is 3. The molecule has 128 valence electrons. The Bertz CT molecular complexity index is 739. The number of aromatic nitrogens is 2.